The second-order valence-electron chi connectivity index (χ2n) is 5.41. The molecule has 0 aliphatic carbocycles. The van der Waals surface area contributed by atoms with E-state index in [1.54, 1.807) is 0 Å². The summed E-state index contributed by atoms with van der Waals surface area (Å²) in [5.74, 6) is 0.583. The minimum absolute atomic E-state index is 0.123. The summed E-state index contributed by atoms with van der Waals surface area (Å²) in [5.41, 5.74) is 3.17. The quantitative estimate of drug-likeness (QED) is 0.800. The van der Waals surface area contributed by atoms with Crippen LogP contribution in [0.1, 0.15) is 17.7 Å². The van der Waals surface area contributed by atoms with Crippen molar-refractivity contribution in [1.29, 1.82) is 0 Å². The maximum Gasteiger partial charge on any atom is 0.309 e. The number of hydrogen-bond acceptors (Lipinski definition) is 3. The van der Waals surface area contributed by atoms with Gasteiger partial charge in [-0.3, -0.25) is 4.79 Å². The van der Waals surface area contributed by atoms with Crippen LogP contribution >= 0.6 is 11.6 Å². The molecule has 1 aliphatic heterocycles. The van der Waals surface area contributed by atoms with Crippen LogP contribution in [-0.2, 0) is 22.5 Å². The molecule has 2 aromatic rings. The highest BCUT2D eigenvalue weighted by atomic mass is 35.5. The Labute approximate surface area is 128 Å². The number of esters is 1. The van der Waals surface area contributed by atoms with Crippen molar-refractivity contribution in [2.45, 2.75) is 26.3 Å². The lowest BCUT2D eigenvalue weighted by atomic mass is 9.96. The maximum absolute atomic E-state index is 11.7. The van der Waals surface area contributed by atoms with Crippen LogP contribution in [0.2, 0.25) is 5.15 Å². The average Bonchev–Trinajstić information content (AvgIpc) is 2.83. The first kappa shape index (κ1) is 14.1. The van der Waals surface area contributed by atoms with Gasteiger partial charge in [0.15, 0.2) is 5.15 Å². The molecule has 1 aromatic heterocycles. The lowest BCUT2D eigenvalue weighted by Crippen LogP contribution is -2.26. The summed E-state index contributed by atoms with van der Waals surface area (Å²) < 4.78 is 6.96. The van der Waals surface area contributed by atoms with Crippen LogP contribution in [0.4, 0.5) is 0 Å². The molecule has 0 radical (unpaired) electrons. The smallest absolute Gasteiger partial charge is 0.309 e. The number of benzene rings is 1. The number of hydrogen-bond donors (Lipinski definition) is 0. The number of rotatable bonds is 2. The zero-order chi connectivity index (χ0) is 15.0. The van der Waals surface area contributed by atoms with Gasteiger partial charge in [0.05, 0.1) is 18.7 Å². The normalized spacial score (nSPS) is 17.4. The molecule has 1 atom stereocenters. The van der Waals surface area contributed by atoms with Crippen LogP contribution < -0.4 is 0 Å². The van der Waals surface area contributed by atoms with Gasteiger partial charge in [-0.1, -0.05) is 35.4 Å². The topological polar surface area (TPSA) is 44.1 Å². The Morgan fingerprint density at radius 3 is 3.00 bits per heavy atom. The molecule has 0 fully saturated rings. The number of methoxy groups -OCH3 is 1. The Hall–Kier alpha value is -1.81. The third-order valence-corrected chi connectivity index (χ3v) is 4.28. The molecule has 110 valence electrons. The fourth-order valence-electron chi connectivity index (χ4n) is 2.89. The van der Waals surface area contributed by atoms with Gasteiger partial charge in [-0.2, -0.15) is 0 Å². The van der Waals surface area contributed by atoms with Crippen LogP contribution in [0.5, 0.6) is 0 Å². The molecule has 1 aromatic carbocycles. The van der Waals surface area contributed by atoms with Gasteiger partial charge in [0.2, 0.25) is 0 Å². The minimum atomic E-state index is -0.171. The van der Waals surface area contributed by atoms with E-state index in [0.717, 1.165) is 30.0 Å². The predicted molar refractivity (Wildman–Crippen MR) is 81.2 cm³/mol. The fourth-order valence-corrected chi connectivity index (χ4v) is 3.14. The summed E-state index contributed by atoms with van der Waals surface area (Å²) >= 11 is 6.28. The third-order valence-electron chi connectivity index (χ3n) is 3.98. The van der Waals surface area contributed by atoms with Crippen LogP contribution in [0.3, 0.4) is 0 Å². The first-order chi connectivity index (χ1) is 10.1. The zero-order valence-corrected chi connectivity index (χ0v) is 12.9. The Morgan fingerprint density at radius 2 is 2.29 bits per heavy atom. The number of nitrogens with zero attached hydrogens (tertiary/aromatic N) is 2. The highest BCUT2D eigenvalue weighted by Gasteiger charge is 2.29. The molecular formula is C16H17ClN2O2. The number of carbonyl (C=O) groups excluding carboxylic acids is 1. The molecule has 1 unspecified atom stereocenters. The van der Waals surface area contributed by atoms with E-state index in [9.17, 15) is 4.79 Å². The predicted octanol–water partition coefficient (Wildman–Crippen LogP) is 3.25. The number of aromatic nitrogens is 2. The standard InChI is InChI=1S/C16H17ClN2O2/c1-10-4-3-5-11(8-10)15-18-14(17)13-9-12(16(20)21-2)6-7-19(13)15/h3-5,8,12H,6-7,9H2,1-2H3. The van der Waals surface area contributed by atoms with Gasteiger partial charge < -0.3 is 9.30 Å². The first-order valence-electron chi connectivity index (χ1n) is 7.00. The Bertz CT molecular complexity index is 694. The third kappa shape index (κ3) is 2.56. The first-order valence-corrected chi connectivity index (χ1v) is 7.37. The minimum Gasteiger partial charge on any atom is -0.469 e. The maximum atomic E-state index is 11.7. The van der Waals surface area contributed by atoms with Gasteiger partial charge in [0.1, 0.15) is 5.82 Å². The van der Waals surface area contributed by atoms with Crippen molar-refractivity contribution in [2.75, 3.05) is 7.11 Å². The molecule has 3 rings (SSSR count). The average molecular weight is 305 g/mol. The molecule has 21 heavy (non-hydrogen) atoms. The monoisotopic (exact) mass is 304 g/mol. The summed E-state index contributed by atoms with van der Waals surface area (Å²) in [5, 5.41) is 0.486. The molecular weight excluding hydrogens is 288 g/mol. The highest BCUT2D eigenvalue weighted by Crippen LogP contribution is 2.32. The fraction of sp³-hybridized carbons (Fsp3) is 0.375. The van der Waals surface area contributed by atoms with E-state index >= 15 is 0 Å². The Morgan fingerprint density at radius 1 is 1.48 bits per heavy atom. The van der Waals surface area contributed by atoms with E-state index in [1.165, 1.54) is 12.7 Å². The van der Waals surface area contributed by atoms with Gasteiger partial charge in [-0.25, -0.2) is 4.98 Å². The van der Waals surface area contributed by atoms with E-state index in [-0.39, 0.29) is 11.9 Å². The van der Waals surface area contributed by atoms with E-state index in [2.05, 4.69) is 28.6 Å². The number of imidazole rings is 1. The molecule has 0 amide bonds. The molecule has 0 bridgehead atoms. The van der Waals surface area contributed by atoms with Crippen LogP contribution in [0.15, 0.2) is 24.3 Å². The van der Waals surface area contributed by atoms with Crippen molar-refractivity contribution in [3.05, 3.63) is 40.7 Å². The second kappa shape index (κ2) is 5.53. The van der Waals surface area contributed by atoms with Crippen molar-refractivity contribution in [1.82, 2.24) is 9.55 Å². The van der Waals surface area contributed by atoms with E-state index in [1.807, 2.05) is 12.1 Å². The molecule has 0 saturated heterocycles. The van der Waals surface area contributed by atoms with Gasteiger partial charge >= 0.3 is 5.97 Å². The van der Waals surface area contributed by atoms with Crippen LogP contribution in [-0.4, -0.2) is 22.6 Å². The number of carbonyl (C=O) groups is 1. The largest absolute Gasteiger partial charge is 0.469 e. The van der Waals surface area contributed by atoms with E-state index in [4.69, 9.17) is 16.3 Å². The summed E-state index contributed by atoms with van der Waals surface area (Å²) in [6, 6.07) is 8.20. The van der Waals surface area contributed by atoms with E-state index in [0.29, 0.717) is 11.6 Å². The van der Waals surface area contributed by atoms with Gasteiger partial charge in [-0.15, -0.1) is 0 Å². The zero-order valence-electron chi connectivity index (χ0n) is 12.1. The molecule has 4 nitrogen and oxygen atoms in total. The molecule has 0 saturated carbocycles. The number of aryl methyl sites for hydroxylation is 1. The molecule has 5 heteroatoms. The molecule has 1 aliphatic rings. The van der Waals surface area contributed by atoms with Crippen molar-refractivity contribution in [2.24, 2.45) is 5.92 Å². The summed E-state index contributed by atoms with van der Waals surface area (Å²) in [6.45, 7) is 2.79. The number of ether oxygens (including phenoxy) is 1. The molecule has 2 heterocycles. The van der Waals surface area contributed by atoms with Gasteiger partial charge in [-0.05, 0) is 19.4 Å². The number of fused-ring (bicyclic) bond motifs is 1. The Balaban J connectivity index is 1.99. The summed E-state index contributed by atoms with van der Waals surface area (Å²) in [7, 11) is 1.42. The van der Waals surface area contributed by atoms with Crippen molar-refractivity contribution in [3.8, 4) is 11.4 Å². The second-order valence-corrected chi connectivity index (χ2v) is 5.76. The van der Waals surface area contributed by atoms with E-state index < -0.39 is 0 Å². The van der Waals surface area contributed by atoms with Gasteiger partial charge in [0, 0.05) is 18.5 Å². The lowest BCUT2D eigenvalue weighted by molar-refractivity contribution is -0.146. The SMILES string of the molecule is COC(=O)C1CCn2c(-c3cccc(C)c3)nc(Cl)c2C1. The summed E-state index contributed by atoms with van der Waals surface area (Å²) in [6.07, 6.45) is 1.34. The number of halogens is 1. The lowest BCUT2D eigenvalue weighted by Gasteiger charge is -2.23. The Kier molecular flexibility index (Phi) is 3.72. The highest BCUT2D eigenvalue weighted by molar-refractivity contribution is 6.30. The molecule has 0 spiro atoms. The van der Waals surface area contributed by atoms with Crippen molar-refractivity contribution < 1.29 is 9.53 Å². The van der Waals surface area contributed by atoms with Crippen molar-refractivity contribution in [3.63, 3.8) is 0 Å². The summed E-state index contributed by atoms with van der Waals surface area (Å²) in [4.78, 5) is 16.2. The van der Waals surface area contributed by atoms with Crippen molar-refractivity contribution >= 4 is 17.6 Å². The van der Waals surface area contributed by atoms with Crippen LogP contribution in [0, 0.1) is 12.8 Å². The van der Waals surface area contributed by atoms with Crippen LogP contribution in [0.25, 0.3) is 11.4 Å². The molecule has 0 N–H and O–H groups in total. The van der Waals surface area contributed by atoms with Gasteiger partial charge in [0.25, 0.3) is 0 Å².